The van der Waals surface area contributed by atoms with Crippen LogP contribution in [0.25, 0.3) is 11.5 Å². The van der Waals surface area contributed by atoms with E-state index < -0.39 is 0 Å². The first-order valence-corrected chi connectivity index (χ1v) is 11.6. The number of rotatable bonds is 9. The summed E-state index contributed by atoms with van der Waals surface area (Å²) in [5, 5.41) is 4.68. The van der Waals surface area contributed by atoms with Crippen LogP contribution in [0.5, 0.6) is 17.2 Å². The molecular formula is C24H30N3O4S+. The third kappa shape index (κ3) is 4.81. The maximum atomic E-state index is 5.88. The Morgan fingerprint density at radius 1 is 1.00 bits per heavy atom. The summed E-state index contributed by atoms with van der Waals surface area (Å²) >= 11 is 5.49. The average Bonchev–Trinajstić information content (AvgIpc) is 3.16. The van der Waals surface area contributed by atoms with Gasteiger partial charge in [-0.05, 0) is 50.7 Å². The minimum atomic E-state index is 0.358. The van der Waals surface area contributed by atoms with Gasteiger partial charge in [0.1, 0.15) is 6.54 Å². The van der Waals surface area contributed by atoms with Gasteiger partial charge in [0, 0.05) is 17.5 Å². The maximum absolute atomic E-state index is 5.88. The molecule has 0 spiro atoms. The molecule has 0 saturated carbocycles. The monoisotopic (exact) mass is 456 g/mol. The van der Waals surface area contributed by atoms with Crippen LogP contribution in [0.4, 0.5) is 0 Å². The molecule has 4 rings (SSSR count). The normalized spacial score (nSPS) is 15.3. The number of ether oxygens (including phenoxy) is 3. The van der Waals surface area contributed by atoms with Crippen molar-refractivity contribution in [1.82, 2.24) is 9.78 Å². The molecule has 170 valence electrons. The van der Waals surface area contributed by atoms with Crippen molar-refractivity contribution >= 4 is 12.2 Å². The molecule has 0 aliphatic carbocycles. The molecule has 1 N–H and O–H groups in total. The van der Waals surface area contributed by atoms with Gasteiger partial charge in [-0.25, -0.2) is 0 Å². The van der Waals surface area contributed by atoms with E-state index in [9.17, 15) is 0 Å². The second kappa shape index (κ2) is 10.2. The summed E-state index contributed by atoms with van der Waals surface area (Å²) in [5.41, 5.74) is 3.56. The summed E-state index contributed by atoms with van der Waals surface area (Å²) in [6.45, 7) is 9.96. The Balaban J connectivity index is 1.61. The number of benzene rings is 2. The number of nitrogens with one attached hydrogen (secondary N) is 1. The van der Waals surface area contributed by atoms with E-state index in [1.165, 1.54) is 16.0 Å². The summed E-state index contributed by atoms with van der Waals surface area (Å²) in [7, 11) is 0. The van der Waals surface area contributed by atoms with E-state index in [1.54, 1.807) is 4.68 Å². The minimum Gasteiger partial charge on any atom is -0.490 e. The molecule has 0 saturated heterocycles. The molecule has 1 aromatic heterocycles. The second-order valence-electron chi connectivity index (χ2n) is 7.63. The summed E-state index contributed by atoms with van der Waals surface area (Å²) < 4.78 is 25.1. The quantitative estimate of drug-likeness (QED) is 0.496. The smallest absolute Gasteiger partial charge is 0.292 e. The van der Waals surface area contributed by atoms with Crippen molar-refractivity contribution in [2.45, 2.75) is 40.4 Å². The van der Waals surface area contributed by atoms with Gasteiger partial charge in [0.05, 0.1) is 26.4 Å². The van der Waals surface area contributed by atoms with Crippen molar-refractivity contribution in [2.75, 3.05) is 26.4 Å². The minimum absolute atomic E-state index is 0.358. The number of fused-ring (bicyclic) bond motifs is 1. The number of hydrogen-bond acceptors (Lipinski definition) is 6. The zero-order chi connectivity index (χ0) is 22.5. The standard InChI is InChI=1S/C24H29N3O4S/c1-4-28-20-13-19(14-21(29-5-2)22(20)30-6-3)23-25-27(24(32)31-23)16-26-12-11-17-9-7-8-10-18(17)15-26/h7-10,13-14H,4-6,11-12,15-16H2,1-3H3/p+1. The zero-order valence-electron chi connectivity index (χ0n) is 18.8. The molecule has 8 heteroatoms. The Kier molecular flexibility index (Phi) is 7.12. The summed E-state index contributed by atoms with van der Waals surface area (Å²) in [6, 6.07) is 12.3. The Morgan fingerprint density at radius 2 is 1.66 bits per heavy atom. The van der Waals surface area contributed by atoms with Gasteiger partial charge < -0.3 is 23.5 Å². The molecule has 0 fully saturated rings. The average molecular weight is 457 g/mol. The van der Waals surface area contributed by atoms with E-state index in [4.69, 9.17) is 30.8 Å². The molecule has 1 aliphatic rings. The third-order valence-corrected chi connectivity index (χ3v) is 5.74. The van der Waals surface area contributed by atoms with Crippen LogP contribution in [0, 0.1) is 4.84 Å². The van der Waals surface area contributed by atoms with Gasteiger partial charge in [0.25, 0.3) is 4.84 Å². The van der Waals surface area contributed by atoms with Gasteiger partial charge in [0.2, 0.25) is 11.6 Å². The first-order valence-electron chi connectivity index (χ1n) is 11.2. The van der Waals surface area contributed by atoms with Gasteiger partial charge in [-0.1, -0.05) is 24.3 Å². The fourth-order valence-corrected chi connectivity index (χ4v) is 4.21. The number of aromatic nitrogens is 2. The lowest BCUT2D eigenvalue weighted by Crippen LogP contribution is -3.11. The number of nitrogens with zero attached hydrogens (tertiary/aromatic N) is 2. The number of hydrogen-bond donors (Lipinski definition) is 1. The van der Waals surface area contributed by atoms with Crippen LogP contribution in [0.2, 0.25) is 0 Å². The molecule has 0 radical (unpaired) electrons. The molecule has 1 atom stereocenters. The lowest BCUT2D eigenvalue weighted by atomic mass is 10.0. The maximum Gasteiger partial charge on any atom is 0.292 e. The summed E-state index contributed by atoms with van der Waals surface area (Å²) in [6.07, 6.45) is 1.05. The van der Waals surface area contributed by atoms with E-state index in [0.29, 0.717) is 54.5 Å². The van der Waals surface area contributed by atoms with Gasteiger partial charge in [-0.15, -0.1) is 5.10 Å². The molecule has 7 nitrogen and oxygen atoms in total. The van der Waals surface area contributed by atoms with Crippen LogP contribution in [-0.2, 0) is 19.6 Å². The van der Waals surface area contributed by atoms with Crippen LogP contribution in [0.3, 0.4) is 0 Å². The van der Waals surface area contributed by atoms with E-state index in [0.717, 1.165) is 25.1 Å². The van der Waals surface area contributed by atoms with Crippen LogP contribution in [0.1, 0.15) is 31.9 Å². The van der Waals surface area contributed by atoms with E-state index in [-0.39, 0.29) is 0 Å². The molecule has 0 bridgehead atoms. The van der Waals surface area contributed by atoms with Crippen molar-refractivity contribution in [3.8, 4) is 28.7 Å². The van der Waals surface area contributed by atoms with E-state index in [1.807, 2.05) is 32.9 Å². The highest BCUT2D eigenvalue weighted by molar-refractivity contribution is 7.71. The zero-order valence-corrected chi connectivity index (χ0v) is 19.7. The largest absolute Gasteiger partial charge is 0.490 e. The molecule has 1 unspecified atom stereocenters. The molecular weight excluding hydrogens is 426 g/mol. The molecule has 0 amide bonds. The van der Waals surface area contributed by atoms with Crippen LogP contribution in [0.15, 0.2) is 40.8 Å². The van der Waals surface area contributed by atoms with Crippen molar-refractivity contribution in [3.63, 3.8) is 0 Å². The van der Waals surface area contributed by atoms with Crippen molar-refractivity contribution in [1.29, 1.82) is 0 Å². The molecule has 2 heterocycles. The first kappa shape index (κ1) is 22.4. The fourth-order valence-electron chi connectivity index (χ4n) is 4.02. The summed E-state index contributed by atoms with van der Waals surface area (Å²) in [4.78, 5) is 1.76. The van der Waals surface area contributed by atoms with E-state index >= 15 is 0 Å². The topological polar surface area (TPSA) is 63.1 Å². The van der Waals surface area contributed by atoms with E-state index in [2.05, 4.69) is 29.4 Å². The Labute approximate surface area is 193 Å². The van der Waals surface area contributed by atoms with Crippen molar-refractivity contribution in [3.05, 3.63) is 52.4 Å². The molecule has 32 heavy (non-hydrogen) atoms. The predicted molar refractivity (Wildman–Crippen MR) is 124 cm³/mol. The van der Waals surface area contributed by atoms with Crippen LogP contribution < -0.4 is 19.1 Å². The Bertz CT molecular complexity index is 1100. The van der Waals surface area contributed by atoms with Crippen molar-refractivity contribution in [2.24, 2.45) is 0 Å². The fraction of sp³-hybridized carbons (Fsp3) is 0.417. The van der Waals surface area contributed by atoms with Crippen LogP contribution in [-0.4, -0.2) is 36.1 Å². The van der Waals surface area contributed by atoms with Crippen LogP contribution >= 0.6 is 12.2 Å². The molecule has 1 aliphatic heterocycles. The first-order chi connectivity index (χ1) is 15.6. The van der Waals surface area contributed by atoms with Gasteiger partial charge in [0.15, 0.2) is 18.2 Å². The Hall–Kier alpha value is -2.84. The van der Waals surface area contributed by atoms with Gasteiger partial charge >= 0.3 is 0 Å². The molecule has 2 aromatic carbocycles. The van der Waals surface area contributed by atoms with Gasteiger partial charge in [-0.3, -0.25) is 0 Å². The predicted octanol–water partition coefficient (Wildman–Crippen LogP) is 3.67. The highest BCUT2D eigenvalue weighted by Gasteiger charge is 2.22. The number of quaternary nitrogens is 1. The Morgan fingerprint density at radius 3 is 2.31 bits per heavy atom. The lowest BCUT2D eigenvalue weighted by Gasteiger charge is -2.25. The van der Waals surface area contributed by atoms with Gasteiger partial charge in [-0.2, -0.15) is 4.68 Å². The second-order valence-corrected chi connectivity index (χ2v) is 7.98. The third-order valence-electron chi connectivity index (χ3n) is 5.44. The highest BCUT2D eigenvalue weighted by Crippen LogP contribution is 2.41. The SMILES string of the molecule is CCOc1cc(-c2nn(C[NH+]3CCc4ccccc4C3)c(=S)o2)cc(OCC)c1OCC. The van der Waals surface area contributed by atoms with Crippen molar-refractivity contribution < 1.29 is 23.5 Å². The lowest BCUT2D eigenvalue weighted by molar-refractivity contribution is -0.939. The highest BCUT2D eigenvalue weighted by atomic mass is 32.1. The molecule has 3 aromatic rings. The summed E-state index contributed by atoms with van der Waals surface area (Å²) in [5.74, 6) is 2.24.